The van der Waals surface area contributed by atoms with Gasteiger partial charge >= 0.3 is 0 Å². The molecule has 0 bridgehead atoms. The van der Waals surface area contributed by atoms with Gasteiger partial charge in [0.25, 0.3) is 0 Å². The number of nitrogens with zero attached hydrogens (tertiary/aromatic N) is 1. The molecule has 0 aliphatic heterocycles. The van der Waals surface area contributed by atoms with Crippen LogP contribution >= 0.6 is 11.6 Å². The molecule has 98 valence electrons. The maximum atomic E-state index is 11.4. The fourth-order valence-corrected chi connectivity index (χ4v) is 1.55. The number of hydrogen-bond acceptors (Lipinski definition) is 3. The number of ketones is 1. The van der Waals surface area contributed by atoms with Crippen LogP contribution in [0, 0.1) is 0 Å². The molecule has 0 fully saturated rings. The third-order valence-corrected chi connectivity index (χ3v) is 2.63. The molecule has 0 aliphatic rings. The molecule has 4 nitrogen and oxygen atoms in total. The molecule has 0 spiro atoms. The fourth-order valence-electron chi connectivity index (χ4n) is 1.38. The molecule has 1 rings (SSSR count). The van der Waals surface area contributed by atoms with Gasteiger partial charge in [0.2, 0.25) is 5.91 Å². The molecule has 0 saturated carbocycles. The van der Waals surface area contributed by atoms with E-state index in [0.717, 1.165) is 0 Å². The van der Waals surface area contributed by atoms with Crippen molar-refractivity contribution in [1.29, 1.82) is 0 Å². The van der Waals surface area contributed by atoms with Gasteiger partial charge in [0.05, 0.1) is 18.6 Å². The molecular weight excluding hydrogens is 254 g/mol. The molecule has 18 heavy (non-hydrogen) atoms. The first kappa shape index (κ1) is 14.5. The topological polar surface area (TPSA) is 46.6 Å². The lowest BCUT2D eigenvalue weighted by atomic mass is 10.1. The Morgan fingerprint density at radius 1 is 1.33 bits per heavy atom. The summed E-state index contributed by atoms with van der Waals surface area (Å²) in [7, 11) is 3.37. The summed E-state index contributed by atoms with van der Waals surface area (Å²) in [6.45, 7) is 1.68. The largest absolute Gasteiger partial charge is 0.492 e. The highest BCUT2D eigenvalue weighted by atomic mass is 35.5. The second-order valence-electron chi connectivity index (χ2n) is 4.08. The first-order chi connectivity index (χ1) is 8.41. The van der Waals surface area contributed by atoms with Crippen molar-refractivity contribution in [2.24, 2.45) is 0 Å². The van der Waals surface area contributed by atoms with Crippen molar-refractivity contribution in [2.45, 2.75) is 13.3 Å². The van der Waals surface area contributed by atoms with E-state index in [1.807, 2.05) is 0 Å². The number of benzene rings is 1. The van der Waals surface area contributed by atoms with Gasteiger partial charge in [-0.15, -0.1) is 0 Å². The molecule has 0 N–H and O–H groups in total. The van der Waals surface area contributed by atoms with Crippen molar-refractivity contribution in [2.75, 3.05) is 20.7 Å². The molecule has 0 saturated heterocycles. The first-order valence-corrected chi connectivity index (χ1v) is 5.93. The number of halogens is 1. The Balaban J connectivity index is 2.68. The van der Waals surface area contributed by atoms with E-state index in [4.69, 9.17) is 16.3 Å². The van der Waals surface area contributed by atoms with Gasteiger partial charge < -0.3 is 9.64 Å². The second kappa shape index (κ2) is 6.40. The van der Waals surface area contributed by atoms with Crippen LogP contribution in [0.2, 0.25) is 5.02 Å². The van der Waals surface area contributed by atoms with Gasteiger partial charge in [-0.25, -0.2) is 0 Å². The van der Waals surface area contributed by atoms with Crippen molar-refractivity contribution < 1.29 is 14.3 Å². The molecule has 0 radical (unpaired) electrons. The molecule has 0 aromatic heterocycles. The minimum Gasteiger partial charge on any atom is -0.492 e. The standard InChI is InChI=1S/C13H16ClNO3/c1-9(16)11-8-10(14)4-5-12(11)18-7-6-13(17)15(2)3/h4-5,8H,6-7H2,1-3H3. The maximum absolute atomic E-state index is 11.4. The number of amides is 1. The lowest BCUT2D eigenvalue weighted by Crippen LogP contribution is -2.23. The smallest absolute Gasteiger partial charge is 0.225 e. The van der Waals surface area contributed by atoms with E-state index in [2.05, 4.69) is 0 Å². The van der Waals surface area contributed by atoms with E-state index in [-0.39, 0.29) is 24.7 Å². The van der Waals surface area contributed by atoms with Crippen LogP contribution in [0.3, 0.4) is 0 Å². The zero-order chi connectivity index (χ0) is 13.7. The number of hydrogen-bond donors (Lipinski definition) is 0. The van der Waals surface area contributed by atoms with Crippen LogP contribution < -0.4 is 4.74 Å². The van der Waals surface area contributed by atoms with Gasteiger partial charge in [-0.05, 0) is 25.1 Å². The lowest BCUT2D eigenvalue weighted by Gasteiger charge is -2.12. The normalized spacial score (nSPS) is 10.0. The number of ether oxygens (including phenoxy) is 1. The van der Waals surface area contributed by atoms with E-state index >= 15 is 0 Å². The summed E-state index contributed by atoms with van der Waals surface area (Å²) in [6, 6.07) is 4.85. The molecule has 0 unspecified atom stereocenters. The highest BCUT2D eigenvalue weighted by molar-refractivity contribution is 6.31. The summed E-state index contributed by atoms with van der Waals surface area (Å²) in [5.41, 5.74) is 0.430. The van der Waals surface area contributed by atoms with E-state index < -0.39 is 0 Å². The quantitative estimate of drug-likeness (QED) is 0.771. The second-order valence-corrected chi connectivity index (χ2v) is 4.52. The van der Waals surface area contributed by atoms with Crippen molar-refractivity contribution >= 4 is 23.3 Å². The van der Waals surface area contributed by atoms with Gasteiger partial charge in [0, 0.05) is 19.1 Å². The average Bonchev–Trinajstić information content (AvgIpc) is 2.30. The maximum Gasteiger partial charge on any atom is 0.225 e. The molecular formula is C13H16ClNO3. The lowest BCUT2D eigenvalue weighted by molar-refractivity contribution is -0.129. The van der Waals surface area contributed by atoms with Crippen LogP contribution in [-0.2, 0) is 4.79 Å². The molecule has 0 atom stereocenters. The zero-order valence-electron chi connectivity index (χ0n) is 10.7. The predicted octanol–water partition coefficient (Wildman–Crippen LogP) is 2.40. The number of Topliss-reactive ketones (excluding diaryl/α,β-unsaturated/α-hetero) is 1. The highest BCUT2D eigenvalue weighted by Gasteiger charge is 2.10. The number of carbonyl (C=O) groups is 2. The Kier molecular flexibility index (Phi) is 5.16. The molecule has 0 heterocycles. The Bertz CT molecular complexity index is 458. The average molecular weight is 270 g/mol. The van der Waals surface area contributed by atoms with Gasteiger partial charge in [0.15, 0.2) is 5.78 Å². The van der Waals surface area contributed by atoms with Crippen LogP contribution in [0.5, 0.6) is 5.75 Å². The van der Waals surface area contributed by atoms with Gasteiger partial charge in [-0.3, -0.25) is 9.59 Å². The molecule has 0 aliphatic carbocycles. The zero-order valence-corrected chi connectivity index (χ0v) is 11.5. The van der Waals surface area contributed by atoms with E-state index in [1.54, 1.807) is 32.3 Å². The highest BCUT2D eigenvalue weighted by Crippen LogP contribution is 2.23. The Hall–Kier alpha value is -1.55. The van der Waals surface area contributed by atoms with Gasteiger partial charge in [0.1, 0.15) is 5.75 Å². The van der Waals surface area contributed by atoms with Crippen LogP contribution in [0.15, 0.2) is 18.2 Å². The number of rotatable bonds is 5. The molecule has 1 aromatic rings. The third kappa shape index (κ3) is 4.04. The van der Waals surface area contributed by atoms with Gasteiger partial charge in [-0.1, -0.05) is 11.6 Å². The minimum absolute atomic E-state index is 0.0201. The van der Waals surface area contributed by atoms with Crippen LogP contribution in [-0.4, -0.2) is 37.3 Å². The minimum atomic E-state index is -0.119. The van der Waals surface area contributed by atoms with Crippen molar-refractivity contribution in [3.8, 4) is 5.75 Å². The summed E-state index contributed by atoms with van der Waals surface area (Å²) in [5.74, 6) is 0.318. The first-order valence-electron chi connectivity index (χ1n) is 5.55. The van der Waals surface area contributed by atoms with E-state index in [1.165, 1.54) is 11.8 Å². The number of carbonyl (C=O) groups excluding carboxylic acids is 2. The summed E-state index contributed by atoms with van der Waals surface area (Å²) in [5, 5.41) is 0.483. The summed E-state index contributed by atoms with van der Waals surface area (Å²) >= 11 is 5.82. The Morgan fingerprint density at radius 3 is 2.56 bits per heavy atom. The molecule has 1 aromatic carbocycles. The van der Waals surface area contributed by atoms with Crippen molar-refractivity contribution in [3.63, 3.8) is 0 Å². The molecule has 1 amide bonds. The Labute approximate surface area is 111 Å². The van der Waals surface area contributed by atoms with Crippen molar-refractivity contribution in [3.05, 3.63) is 28.8 Å². The summed E-state index contributed by atoms with van der Waals surface area (Å²) in [4.78, 5) is 24.3. The van der Waals surface area contributed by atoms with Crippen molar-refractivity contribution in [1.82, 2.24) is 4.90 Å². The van der Waals surface area contributed by atoms with E-state index in [0.29, 0.717) is 16.3 Å². The summed E-state index contributed by atoms with van der Waals surface area (Å²) < 4.78 is 5.45. The summed E-state index contributed by atoms with van der Waals surface area (Å²) in [6.07, 6.45) is 0.271. The van der Waals surface area contributed by atoms with Crippen LogP contribution in [0.4, 0.5) is 0 Å². The third-order valence-electron chi connectivity index (χ3n) is 2.39. The van der Waals surface area contributed by atoms with Gasteiger partial charge in [-0.2, -0.15) is 0 Å². The molecule has 5 heteroatoms. The van der Waals surface area contributed by atoms with Crippen LogP contribution in [0.1, 0.15) is 23.7 Å². The Morgan fingerprint density at radius 2 is 2.00 bits per heavy atom. The predicted molar refractivity (Wildman–Crippen MR) is 70.3 cm³/mol. The fraction of sp³-hybridized carbons (Fsp3) is 0.385. The van der Waals surface area contributed by atoms with E-state index in [9.17, 15) is 9.59 Å². The van der Waals surface area contributed by atoms with Crippen LogP contribution in [0.25, 0.3) is 0 Å². The monoisotopic (exact) mass is 269 g/mol. The SMILES string of the molecule is CC(=O)c1cc(Cl)ccc1OCCC(=O)N(C)C.